The van der Waals surface area contributed by atoms with Gasteiger partial charge in [0.2, 0.25) is 0 Å². The molecule has 6 nitrogen and oxygen atoms in total. The van der Waals surface area contributed by atoms with Gasteiger partial charge in [0, 0.05) is 25.5 Å². The molecular formula is C13H16O6. The number of aliphatic hydroxyl groups excluding tert-OH is 1. The molecule has 0 amide bonds. The molecule has 104 valence electrons. The molecule has 0 aromatic carbocycles. The van der Waals surface area contributed by atoms with Gasteiger partial charge in [0.15, 0.2) is 6.29 Å². The summed E-state index contributed by atoms with van der Waals surface area (Å²) in [6.45, 7) is 1.28. The fourth-order valence-corrected chi connectivity index (χ4v) is 2.55. The van der Waals surface area contributed by atoms with Crippen molar-refractivity contribution in [2.24, 2.45) is 11.8 Å². The van der Waals surface area contributed by atoms with E-state index in [-0.39, 0.29) is 5.92 Å². The van der Waals surface area contributed by atoms with E-state index in [1.807, 2.05) is 0 Å². The Balaban J connectivity index is 2.27. The van der Waals surface area contributed by atoms with Gasteiger partial charge in [0.25, 0.3) is 6.29 Å². The molecule has 1 heterocycles. The molecule has 6 heteroatoms. The van der Waals surface area contributed by atoms with Crippen LogP contribution in [0.25, 0.3) is 0 Å². The first-order valence-corrected chi connectivity index (χ1v) is 5.97. The average molecular weight is 268 g/mol. The summed E-state index contributed by atoms with van der Waals surface area (Å²) in [6.07, 6.45) is 2.49. The lowest BCUT2D eigenvalue weighted by Gasteiger charge is -2.35. The number of allylic oxidation sites excluding steroid dienone is 1. The number of fused-ring (bicyclic) bond motifs is 1. The van der Waals surface area contributed by atoms with Crippen molar-refractivity contribution in [1.82, 2.24) is 0 Å². The van der Waals surface area contributed by atoms with Crippen LogP contribution in [-0.2, 0) is 23.8 Å². The summed E-state index contributed by atoms with van der Waals surface area (Å²) in [5.41, 5.74) is 1.06. The number of aldehydes is 1. The van der Waals surface area contributed by atoms with Crippen molar-refractivity contribution in [2.75, 3.05) is 7.11 Å². The van der Waals surface area contributed by atoms with E-state index in [9.17, 15) is 14.7 Å². The molecule has 0 saturated heterocycles. The lowest BCUT2D eigenvalue weighted by atomic mass is 9.83. The molecule has 1 N–H and O–H groups in total. The highest BCUT2D eigenvalue weighted by Gasteiger charge is 2.45. The number of hydrogen-bond donors (Lipinski definition) is 1. The molecule has 0 spiro atoms. The maximum Gasteiger partial charge on any atom is 0.305 e. The fourth-order valence-electron chi connectivity index (χ4n) is 2.55. The van der Waals surface area contributed by atoms with Gasteiger partial charge in [-0.2, -0.15) is 0 Å². The van der Waals surface area contributed by atoms with Crippen LogP contribution in [0.15, 0.2) is 23.5 Å². The van der Waals surface area contributed by atoms with Crippen LogP contribution in [0, 0.1) is 11.8 Å². The highest BCUT2D eigenvalue weighted by atomic mass is 16.7. The van der Waals surface area contributed by atoms with Gasteiger partial charge in [-0.15, -0.1) is 0 Å². The van der Waals surface area contributed by atoms with E-state index in [0.717, 1.165) is 6.29 Å². The maximum atomic E-state index is 11.1. The Bertz CT molecular complexity index is 438. The fraction of sp³-hybridized carbons (Fsp3) is 0.538. The summed E-state index contributed by atoms with van der Waals surface area (Å²) < 4.78 is 15.3. The van der Waals surface area contributed by atoms with Crippen molar-refractivity contribution < 1.29 is 28.9 Å². The molecule has 19 heavy (non-hydrogen) atoms. The van der Waals surface area contributed by atoms with Gasteiger partial charge in [0.05, 0.1) is 12.2 Å². The third-order valence-corrected chi connectivity index (χ3v) is 3.41. The second-order valence-corrected chi connectivity index (χ2v) is 4.51. The molecule has 0 saturated carbocycles. The normalized spacial score (nSPS) is 30.6. The Morgan fingerprint density at radius 3 is 2.95 bits per heavy atom. The van der Waals surface area contributed by atoms with E-state index >= 15 is 0 Å². The molecule has 0 fully saturated rings. The van der Waals surface area contributed by atoms with E-state index in [2.05, 4.69) is 0 Å². The van der Waals surface area contributed by atoms with Gasteiger partial charge in [-0.05, 0) is 12.0 Å². The monoisotopic (exact) mass is 268 g/mol. The van der Waals surface area contributed by atoms with E-state index < -0.39 is 24.5 Å². The molecule has 4 unspecified atom stereocenters. The molecule has 0 bridgehead atoms. The molecule has 0 radical (unpaired) electrons. The van der Waals surface area contributed by atoms with Crippen LogP contribution >= 0.6 is 0 Å². The molecule has 0 aromatic heterocycles. The van der Waals surface area contributed by atoms with Crippen LogP contribution in [0.3, 0.4) is 0 Å². The zero-order chi connectivity index (χ0) is 14.0. The Morgan fingerprint density at radius 1 is 1.63 bits per heavy atom. The van der Waals surface area contributed by atoms with Crippen molar-refractivity contribution in [3.8, 4) is 0 Å². The predicted molar refractivity (Wildman–Crippen MR) is 63.5 cm³/mol. The Hall–Kier alpha value is -1.66. The third kappa shape index (κ3) is 2.54. The van der Waals surface area contributed by atoms with Crippen LogP contribution in [0.4, 0.5) is 0 Å². The van der Waals surface area contributed by atoms with Crippen LogP contribution in [0.5, 0.6) is 0 Å². The predicted octanol–water partition coefficient (Wildman–Crippen LogP) is 0.516. The van der Waals surface area contributed by atoms with Crippen LogP contribution in [0.1, 0.15) is 13.3 Å². The van der Waals surface area contributed by atoms with Gasteiger partial charge in [-0.3, -0.25) is 9.59 Å². The lowest BCUT2D eigenvalue weighted by molar-refractivity contribution is -0.181. The minimum absolute atomic E-state index is 0.159. The van der Waals surface area contributed by atoms with Crippen LogP contribution < -0.4 is 0 Å². The maximum absolute atomic E-state index is 11.1. The summed E-state index contributed by atoms with van der Waals surface area (Å²) in [7, 11) is 1.38. The van der Waals surface area contributed by atoms with Gasteiger partial charge >= 0.3 is 5.97 Å². The number of aliphatic hydroxyl groups is 1. The lowest BCUT2D eigenvalue weighted by Crippen LogP contribution is -2.39. The molecular weight excluding hydrogens is 252 g/mol. The summed E-state index contributed by atoms with van der Waals surface area (Å²) in [6, 6.07) is 0. The Kier molecular flexibility index (Phi) is 4.01. The first-order chi connectivity index (χ1) is 9.08. The number of methoxy groups -OCH3 is 1. The van der Waals surface area contributed by atoms with Crippen molar-refractivity contribution in [3.05, 3.63) is 23.5 Å². The third-order valence-electron chi connectivity index (χ3n) is 3.41. The second-order valence-electron chi connectivity index (χ2n) is 4.51. The van der Waals surface area contributed by atoms with E-state index in [4.69, 9.17) is 14.2 Å². The summed E-state index contributed by atoms with van der Waals surface area (Å²) in [4.78, 5) is 22.1. The summed E-state index contributed by atoms with van der Waals surface area (Å²) >= 11 is 0. The van der Waals surface area contributed by atoms with Gasteiger partial charge in [0.1, 0.15) is 6.29 Å². The van der Waals surface area contributed by atoms with Crippen molar-refractivity contribution in [2.45, 2.75) is 25.9 Å². The van der Waals surface area contributed by atoms with Gasteiger partial charge in [-0.25, -0.2) is 0 Å². The number of rotatable bonds is 4. The number of carbonyl (C=O) groups is 2. The summed E-state index contributed by atoms with van der Waals surface area (Å²) in [5.74, 6) is -1.04. The number of hydrogen-bond acceptors (Lipinski definition) is 6. The first kappa shape index (κ1) is 13.8. The smallest absolute Gasteiger partial charge is 0.305 e. The van der Waals surface area contributed by atoms with E-state index in [1.54, 1.807) is 6.08 Å². The highest BCUT2D eigenvalue weighted by Crippen LogP contribution is 2.43. The van der Waals surface area contributed by atoms with Crippen molar-refractivity contribution in [3.63, 3.8) is 0 Å². The summed E-state index contributed by atoms with van der Waals surface area (Å²) in [5, 5.41) is 9.77. The number of esters is 1. The van der Waals surface area contributed by atoms with Gasteiger partial charge < -0.3 is 19.3 Å². The zero-order valence-corrected chi connectivity index (χ0v) is 10.7. The molecule has 2 aliphatic rings. The average Bonchev–Trinajstić information content (AvgIpc) is 2.82. The second kappa shape index (κ2) is 5.54. The van der Waals surface area contributed by atoms with E-state index in [1.165, 1.54) is 20.3 Å². The van der Waals surface area contributed by atoms with E-state index in [0.29, 0.717) is 17.6 Å². The standard InChI is InChI=1S/C13H16O6/c1-7(15)19-13-11-8(5-14)3-4-9(11)10(6-18-13)12(16)17-2/h3,5-6,9,11-13,16H,4H2,1-2H3. The Labute approximate surface area is 110 Å². The van der Waals surface area contributed by atoms with Crippen LogP contribution in [0.2, 0.25) is 0 Å². The minimum Gasteiger partial charge on any atom is -0.462 e. The molecule has 1 aliphatic heterocycles. The topological polar surface area (TPSA) is 82.1 Å². The highest BCUT2D eigenvalue weighted by molar-refractivity contribution is 5.76. The van der Waals surface area contributed by atoms with Crippen molar-refractivity contribution in [1.29, 1.82) is 0 Å². The quantitative estimate of drug-likeness (QED) is 0.454. The molecule has 2 rings (SSSR count). The van der Waals surface area contributed by atoms with Gasteiger partial charge in [-0.1, -0.05) is 6.08 Å². The SMILES string of the molecule is COC(O)C1=COC(OC(C)=O)C2C(C=O)=CCC12. The minimum atomic E-state index is -1.09. The molecule has 1 aliphatic carbocycles. The molecule has 4 atom stereocenters. The largest absolute Gasteiger partial charge is 0.462 e. The van der Waals surface area contributed by atoms with Crippen molar-refractivity contribution >= 4 is 12.3 Å². The Morgan fingerprint density at radius 2 is 2.37 bits per heavy atom. The number of carbonyl (C=O) groups excluding carboxylic acids is 2. The first-order valence-electron chi connectivity index (χ1n) is 5.97. The number of ether oxygens (including phenoxy) is 3. The molecule has 0 aromatic rings. The zero-order valence-electron chi connectivity index (χ0n) is 10.7. The van der Waals surface area contributed by atoms with Crippen LogP contribution in [-0.4, -0.2) is 37.1 Å².